The zero-order chi connectivity index (χ0) is 47.9. The number of aromatic nitrogens is 12. The zero-order valence-corrected chi connectivity index (χ0v) is 65.9. The summed E-state index contributed by atoms with van der Waals surface area (Å²) in [6, 6.07) is 12.6. The van der Waals surface area contributed by atoms with Crippen LogP contribution in [0, 0.1) is 83.1 Å². The summed E-state index contributed by atoms with van der Waals surface area (Å²) in [5.41, 5.74) is 12.8. The van der Waals surface area contributed by atoms with Crippen molar-refractivity contribution in [3.8, 4) is 0 Å². The van der Waals surface area contributed by atoms with E-state index in [-0.39, 0.29) is 232 Å². The van der Waals surface area contributed by atoms with Crippen molar-refractivity contribution in [3.05, 3.63) is 105 Å². The monoisotopic (exact) mass is 1750 g/mol. The van der Waals surface area contributed by atoms with Crippen molar-refractivity contribution in [3.63, 3.8) is 0 Å². The molecule has 0 unspecified atom stereocenters. The van der Waals surface area contributed by atoms with Gasteiger partial charge in [0, 0.05) is 70.3 Å². The minimum atomic E-state index is -1.26. The van der Waals surface area contributed by atoms with E-state index in [9.17, 15) is 9.59 Å². The predicted molar refractivity (Wildman–Crippen MR) is 325 cm³/mol. The Morgan fingerprint density at radius 1 is 0.359 bits per heavy atom. The first-order valence-corrected chi connectivity index (χ1v) is 22.1. The number of carbonyl (C=O) groups excluding carboxylic acids is 2. The van der Waals surface area contributed by atoms with Crippen LogP contribution in [0.1, 0.15) is 96.0 Å². The fraction of sp³-hybridized carbons (Fsp3) is 0.545. The third kappa shape index (κ3) is 34.8. The van der Waals surface area contributed by atoms with Crippen LogP contribution in [0.2, 0.25) is 0 Å². The van der Waals surface area contributed by atoms with Crippen LogP contribution in [0.3, 0.4) is 0 Å². The van der Waals surface area contributed by atoms with Crippen LogP contribution in [0.4, 0.5) is 0 Å². The van der Waals surface area contributed by atoms with Crippen molar-refractivity contribution in [2.45, 2.75) is 111 Å². The van der Waals surface area contributed by atoms with Gasteiger partial charge in [-0.2, -0.15) is 0 Å². The van der Waals surface area contributed by atoms with Crippen molar-refractivity contribution in [2.75, 3.05) is 54.4 Å². The summed E-state index contributed by atoms with van der Waals surface area (Å²) < 4.78 is 13.7. The van der Waals surface area contributed by atoms with Gasteiger partial charge in [-0.05, 0) is 181 Å². The largest absolute Gasteiger partial charge is 3.00 e. The molecule has 6 rings (SSSR count). The topological polar surface area (TPSA) is 148 Å². The Hall–Kier alpha value is 0.894. The molecule has 0 aliphatic carbocycles. The molecular weight excluding hydrogens is 1670 g/mol. The van der Waals surface area contributed by atoms with Gasteiger partial charge in [0.25, 0.3) is 0 Å². The number of rotatable bonds is 12. The number of aryl methyl sites for hydroxylation is 12. The Balaban J connectivity index is -0.0000000577. The average Bonchev–Trinajstić information content (AvgIpc) is 4.06. The van der Waals surface area contributed by atoms with Gasteiger partial charge in [-0.25, -0.2) is 30.6 Å². The first-order chi connectivity index (χ1) is 29.5. The Kier molecular flexibility index (Phi) is 81.2. The Morgan fingerprint density at radius 2 is 0.474 bits per heavy atom. The predicted octanol–water partition coefficient (Wildman–Crippen LogP) is 4.83. The van der Waals surface area contributed by atoms with Gasteiger partial charge in [-0.1, -0.05) is 0 Å². The molecule has 0 atom stereocenters. The molecule has 0 aliphatic rings. The summed E-state index contributed by atoms with van der Waals surface area (Å²) in [6.45, 7) is 38.8. The van der Waals surface area contributed by atoms with Crippen LogP contribution in [0.15, 0.2) is 36.4 Å². The molecule has 0 N–H and O–H groups in total. The van der Waals surface area contributed by atoms with Crippen LogP contribution < -0.4 is 0 Å². The molecule has 0 fully saturated rings. The number of hydrogen-bond donors (Lipinski definition) is 0. The normalized spacial score (nSPS) is 8.79. The molecule has 0 spiro atoms. The molecule has 2 amide bonds. The average molecular weight is 1750 g/mol. The van der Waals surface area contributed by atoms with Gasteiger partial charge in [0.2, 0.25) is 12.8 Å². The molecule has 452 valence electrons. The van der Waals surface area contributed by atoms with Gasteiger partial charge in [0.1, 0.15) is 0 Å². The number of quaternary nitrogens is 1. The van der Waals surface area contributed by atoms with Crippen molar-refractivity contribution in [1.29, 1.82) is 0 Å². The van der Waals surface area contributed by atoms with E-state index in [0.717, 1.165) is 81.1 Å². The summed E-state index contributed by atoms with van der Waals surface area (Å²) in [7, 11) is 4.23. The summed E-state index contributed by atoms with van der Waals surface area (Å²) >= 11 is 0. The molecular formula is C44H78B2Fe4N15O2S9W2-7. The van der Waals surface area contributed by atoms with E-state index in [0.29, 0.717) is 0 Å². The molecule has 6 heterocycles. The molecule has 6 aromatic rings. The molecule has 0 saturated heterocycles. The summed E-state index contributed by atoms with van der Waals surface area (Å²) in [5, 5.41) is 28.2. The Labute approximate surface area is 603 Å². The van der Waals surface area contributed by atoms with Crippen LogP contribution in [-0.4, -0.2) is 154 Å². The Bertz CT molecular complexity index is 2010. The van der Waals surface area contributed by atoms with E-state index in [2.05, 4.69) is 133 Å². The molecule has 0 aliphatic heterocycles. The fourth-order valence-electron chi connectivity index (χ4n) is 7.87. The number of carbonyl (C=O) groups is 2. The molecule has 6 aromatic heterocycles. The van der Waals surface area contributed by atoms with E-state index in [1.807, 2.05) is 41.5 Å². The molecule has 0 aromatic carbocycles. The smallest absolute Gasteiger partial charge is 2.00 e. The zero-order valence-electron chi connectivity index (χ0n) is 48.3. The van der Waals surface area contributed by atoms with Crippen LogP contribution in [0.25, 0.3) is 0 Å². The second-order valence-corrected chi connectivity index (χ2v) is 17.2. The molecule has 34 heteroatoms. The minimum absolute atomic E-state index is 0. The summed E-state index contributed by atoms with van der Waals surface area (Å²) in [5.74, 6) is 0. The van der Waals surface area contributed by atoms with Crippen molar-refractivity contribution in [2.24, 2.45) is 0 Å². The minimum Gasteiger partial charge on any atom is -2.00 e. The molecule has 78 heavy (non-hydrogen) atoms. The SMILES string of the molecule is CC[N+](CC)(CC)CC.CN(C)C=O.CN(C)C=O.Cc1cc(C)n([BH-](n2nc(C)cc2C)n2nc(C)cc2C)n1.Cc1cc(C)n([BH-](n2nc(C)cc2C)n2nc(C)cc2C)n1.[Fe+3].[Fe+3].[Fe+3].[Fe+3].[S-2].[S-2].[S-2].[S-2].[S-2].[S-2].[S-2].[S-2].[S-2].[W].[W]. The van der Waals surface area contributed by atoms with Crippen molar-refractivity contribution >= 4 is 149 Å². The second-order valence-electron chi connectivity index (χ2n) is 17.2. The van der Waals surface area contributed by atoms with E-state index >= 15 is 0 Å². The van der Waals surface area contributed by atoms with E-state index < -0.39 is 14.2 Å². The first-order valence-electron chi connectivity index (χ1n) is 22.1. The second kappa shape index (κ2) is 55.7. The van der Waals surface area contributed by atoms with E-state index in [4.69, 9.17) is 30.6 Å². The van der Waals surface area contributed by atoms with Gasteiger partial charge >= 0.3 is 82.5 Å². The third-order valence-electron chi connectivity index (χ3n) is 11.3. The third-order valence-corrected chi connectivity index (χ3v) is 11.3. The molecule has 0 bridgehead atoms. The molecule has 4 radical (unpaired) electrons. The van der Waals surface area contributed by atoms with Gasteiger partial charge in [0.15, 0.2) is 0 Å². The number of nitrogens with zero attached hydrogens (tertiary/aromatic N) is 15. The number of hydrogen-bond acceptors (Lipinski definition) is 8. The van der Waals surface area contributed by atoms with E-state index in [1.54, 1.807) is 28.2 Å². The van der Waals surface area contributed by atoms with Gasteiger partial charge in [-0.3, -0.25) is 9.59 Å². The van der Waals surface area contributed by atoms with Crippen LogP contribution >= 0.6 is 0 Å². The molecule has 0 saturated carbocycles. The molecule has 17 nitrogen and oxygen atoms in total. The number of amides is 2. The van der Waals surface area contributed by atoms with Crippen molar-refractivity contribution < 1.29 is 124 Å². The van der Waals surface area contributed by atoms with E-state index in [1.165, 1.54) is 40.5 Å². The fourth-order valence-corrected chi connectivity index (χ4v) is 7.87. The van der Waals surface area contributed by atoms with Gasteiger partial charge in [-0.15, -0.1) is 0 Å². The summed E-state index contributed by atoms with van der Waals surface area (Å²) in [4.78, 5) is 21.8. The van der Waals surface area contributed by atoms with Gasteiger partial charge in [0.05, 0.1) is 60.3 Å². The quantitative estimate of drug-likeness (QED) is 0.0963. The van der Waals surface area contributed by atoms with Crippen molar-refractivity contribution in [1.82, 2.24) is 67.9 Å². The first kappa shape index (κ1) is 114. The van der Waals surface area contributed by atoms with Crippen LogP contribution in [-0.2, 0) is 241 Å². The maximum atomic E-state index is 9.43. The Morgan fingerprint density at radius 3 is 0.526 bits per heavy atom. The van der Waals surface area contributed by atoms with Gasteiger partial charge < -0.3 is 163 Å². The summed E-state index contributed by atoms with van der Waals surface area (Å²) in [6.07, 6.45) is 1.50. The standard InChI is InChI=1S/2C15H22BN6.C8H20N.2C3H7NO.4Fe.9S.2W/c2*1-10-7-13(4)20(17-10)16(21-14(5)8-11(2)18-21)22-15(6)9-12(3)19-22;1-5-9(6-2,7-3)8-4;2*1-4(2)3-5;;;;;;;;;;;;;;;/h2*7-9,16H,1-6H3;5-8H2,1-4H3;2*3H,1-2H3;;;;;;;;;;;;;;;/q2*-1;+1;;;4*+3;9*-2;;. The maximum absolute atomic E-state index is 9.43. The maximum Gasteiger partial charge on any atom is 3.00 e. The van der Waals surface area contributed by atoms with Crippen LogP contribution in [0.5, 0.6) is 0 Å².